The van der Waals surface area contributed by atoms with Crippen LogP contribution in [0, 0.1) is 0 Å². The van der Waals surface area contributed by atoms with Crippen LogP contribution in [-0.4, -0.2) is 28.1 Å². The van der Waals surface area contributed by atoms with Crippen molar-refractivity contribution in [1.29, 1.82) is 0 Å². The average Bonchev–Trinajstić information content (AvgIpc) is 3.18. The molecule has 1 aliphatic carbocycles. The van der Waals surface area contributed by atoms with Crippen molar-refractivity contribution in [3.05, 3.63) is 47.6 Å². The molecule has 1 saturated carbocycles. The van der Waals surface area contributed by atoms with Crippen LogP contribution in [0.25, 0.3) is 0 Å². The molecular formula is C15H20N4O. The maximum absolute atomic E-state index is 5.38. The topological polar surface area (TPSA) is 54.2 Å². The van der Waals surface area contributed by atoms with Crippen LogP contribution in [0.1, 0.15) is 29.9 Å². The van der Waals surface area contributed by atoms with Gasteiger partial charge in [-0.1, -0.05) is 5.16 Å². The highest BCUT2D eigenvalue weighted by Crippen LogP contribution is 2.19. The summed E-state index contributed by atoms with van der Waals surface area (Å²) in [5, 5.41) is 7.54. The molecule has 0 saturated heterocycles. The molecule has 0 aliphatic heterocycles. The van der Waals surface area contributed by atoms with Crippen molar-refractivity contribution in [2.24, 2.45) is 0 Å². The molecule has 0 atom stereocenters. The van der Waals surface area contributed by atoms with E-state index in [1.54, 1.807) is 0 Å². The minimum Gasteiger partial charge on any atom is -0.360 e. The van der Waals surface area contributed by atoms with E-state index in [0.717, 1.165) is 31.1 Å². The molecule has 2 aromatic rings. The standard InChI is InChI=1S/C15H20N4O/c1-19(10-12-4-6-16-7-5-12)11-15-8-14(18-20-15)9-17-13-2-3-13/h4-8,13,17H,2-3,9-11H2,1H3. The molecule has 0 radical (unpaired) electrons. The zero-order valence-corrected chi connectivity index (χ0v) is 11.7. The fourth-order valence-corrected chi connectivity index (χ4v) is 2.17. The Bertz CT molecular complexity index is 536. The highest BCUT2D eigenvalue weighted by Gasteiger charge is 2.20. The summed E-state index contributed by atoms with van der Waals surface area (Å²) in [6, 6.07) is 6.80. The minimum atomic E-state index is 0.699. The summed E-state index contributed by atoms with van der Waals surface area (Å²) in [4.78, 5) is 6.23. The van der Waals surface area contributed by atoms with Gasteiger partial charge in [0.15, 0.2) is 5.76 Å². The monoisotopic (exact) mass is 272 g/mol. The molecule has 3 rings (SSSR count). The third kappa shape index (κ3) is 3.88. The van der Waals surface area contributed by atoms with Gasteiger partial charge in [-0.3, -0.25) is 9.88 Å². The summed E-state index contributed by atoms with van der Waals surface area (Å²) >= 11 is 0. The van der Waals surface area contributed by atoms with Gasteiger partial charge in [0.1, 0.15) is 0 Å². The molecule has 0 amide bonds. The summed E-state index contributed by atoms with van der Waals surface area (Å²) in [5.41, 5.74) is 2.24. The lowest BCUT2D eigenvalue weighted by Crippen LogP contribution is -2.17. The van der Waals surface area contributed by atoms with Crippen molar-refractivity contribution in [2.45, 2.75) is 38.5 Å². The molecule has 0 bridgehead atoms. The van der Waals surface area contributed by atoms with Gasteiger partial charge in [0.05, 0.1) is 12.2 Å². The molecule has 0 spiro atoms. The van der Waals surface area contributed by atoms with Gasteiger partial charge in [0.2, 0.25) is 0 Å². The van der Waals surface area contributed by atoms with E-state index in [4.69, 9.17) is 4.52 Å². The van der Waals surface area contributed by atoms with Crippen LogP contribution in [0.4, 0.5) is 0 Å². The van der Waals surface area contributed by atoms with Crippen molar-refractivity contribution in [1.82, 2.24) is 20.4 Å². The van der Waals surface area contributed by atoms with E-state index in [1.165, 1.54) is 18.4 Å². The lowest BCUT2D eigenvalue weighted by atomic mass is 10.2. The van der Waals surface area contributed by atoms with Crippen LogP contribution in [-0.2, 0) is 19.6 Å². The number of aromatic nitrogens is 2. The Morgan fingerprint density at radius 2 is 2.10 bits per heavy atom. The molecule has 1 N–H and O–H groups in total. The Balaban J connectivity index is 1.49. The van der Waals surface area contributed by atoms with Crippen molar-refractivity contribution < 1.29 is 4.52 Å². The maximum atomic E-state index is 5.38. The molecule has 1 aliphatic rings. The van der Waals surface area contributed by atoms with Crippen LogP contribution in [0.15, 0.2) is 35.1 Å². The van der Waals surface area contributed by atoms with Gasteiger partial charge < -0.3 is 9.84 Å². The quantitative estimate of drug-likeness (QED) is 0.835. The average molecular weight is 272 g/mol. The fourth-order valence-electron chi connectivity index (χ4n) is 2.17. The van der Waals surface area contributed by atoms with E-state index in [-0.39, 0.29) is 0 Å². The van der Waals surface area contributed by atoms with E-state index in [1.807, 2.05) is 30.6 Å². The van der Waals surface area contributed by atoms with Gasteiger partial charge in [0, 0.05) is 37.6 Å². The van der Waals surface area contributed by atoms with Gasteiger partial charge in [-0.05, 0) is 37.6 Å². The molecule has 5 nitrogen and oxygen atoms in total. The molecular weight excluding hydrogens is 252 g/mol. The van der Waals surface area contributed by atoms with Gasteiger partial charge in [-0.25, -0.2) is 0 Å². The third-order valence-electron chi connectivity index (χ3n) is 3.38. The second-order valence-electron chi connectivity index (χ2n) is 5.47. The van der Waals surface area contributed by atoms with Crippen LogP contribution in [0.2, 0.25) is 0 Å². The smallest absolute Gasteiger partial charge is 0.151 e. The van der Waals surface area contributed by atoms with Gasteiger partial charge in [0.25, 0.3) is 0 Å². The first-order valence-corrected chi connectivity index (χ1v) is 7.05. The van der Waals surface area contributed by atoms with Crippen LogP contribution >= 0.6 is 0 Å². The van der Waals surface area contributed by atoms with Gasteiger partial charge in [-0.2, -0.15) is 0 Å². The van der Waals surface area contributed by atoms with Crippen LogP contribution < -0.4 is 5.32 Å². The number of nitrogens with zero attached hydrogens (tertiary/aromatic N) is 3. The van der Waals surface area contributed by atoms with E-state index in [0.29, 0.717) is 6.04 Å². The number of hydrogen-bond acceptors (Lipinski definition) is 5. The third-order valence-corrected chi connectivity index (χ3v) is 3.38. The number of rotatable bonds is 7. The number of hydrogen-bond donors (Lipinski definition) is 1. The minimum absolute atomic E-state index is 0.699. The normalized spacial score (nSPS) is 14.9. The Kier molecular flexibility index (Phi) is 4.08. The first-order valence-electron chi connectivity index (χ1n) is 7.05. The summed E-state index contributed by atoms with van der Waals surface area (Å²) in [6.45, 7) is 2.44. The summed E-state index contributed by atoms with van der Waals surface area (Å²) in [7, 11) is 2.07. The molecule has 0 unspecified atom stereocenters. The molecule has 106 valence electrons. The molecule has 0 aromatic carbocycles. The molecule has 20 heavy (non-hydrogen) atoms. The van der Waals surface area contributed by atoms with Crippen LogP contribution in [0.5, 0.6) is 0 Å². The fraction of sp³-hybridized carbons (Fsp3) is 0.467. The first-order chi connectivity index (χ1) is 9.79. The van der Waals surface area contributed by atoms with Gasteiger partial charge >= 0.3 is 0 Å². The highest BCUT2D eigenvalue weighted by atomic mass is 16.5. The predicted molar refractivity (Wildman–Crippen MR) is 75.8 cm³/mol. The van der Waals surface area contributed by atoms with Crippen molar-refractivity contribution >= 4 is 0 Å². The van der Waals surface area contributed by atoms with Crippen molar-refractivity contribution in [2.75, 3.05) is 7.05 Å². The van der Waals surface area contributed by atoms with E-state index in [9.17, 15) is 0 Å². The SMILES string of the molecule is CN(Cc1ccncc1)Cc1cc(CNC2CC2)no1. The number of nitrogens with one attached hydrogen (secondary N) is 1. The van der Waals surface area contributed by atoms with E-state index < -0.39 is 0 Å². The maximum Gasteiger partial charge on any atom is 0.151 e. The zero-order valence-electron chi connectivity index (χ0n) is 11.7. The Morgan fingerprint density at radius 3 is 2.85 bits per heavy atom. The van der Waals surface area contributed by atoms with E-state index >= 15 is 0 Å². The lowest BCUT2D eigenvalue weighted by molar-refractivity contribution is 0.265. The second-order valence-corrected chi connectivity index (χ2v) is 5.47. The molecule has 2 aromatic heterocycles. The van der Waals surface area contributed by atoms with Crippen molar-refractivity contribution in [3.8, 4) is 0 Å². The van der Waals surface area contributed by atoms with Gasteiger partial charge in [-0.15, -0.1) is 0 Å². The largest absolute Gasteiger partial charge is 0.360 e. The Morgan fingerprint density at radius 1 is 1.30 bits per heavy atom. The van der Waals surface area contributed by atoms with Crippen molar-refractivity contribution in [3.63, 3.8) is 0 Å². The summed E-state index contributed by atoms with van der Waals surface area (Å²) < 4.78 is 5.38. The molecule has 1 fully saturated rings. The highest BCUT2D eigenvalue weighted by molar-refractivity contribution is 5.10. The van der Waals surface area contributed by atoms with Crippen LogP contribution in [0.3, 0.4) is 0 Å². The van der Waals surface area contributed by atoms with E-state index in [2.05, 4.69) is 27.4 Å². The second kappa shape index (κ2) is 6.15. The summed E-state index contributed by atoms with van der Waals surface area (Å²) in [6.07, 6.45) is 6.22. The molecule has 2 heterocycles. The Hall–Kier alpha value is -1.72. The predicted octanol–water partition coefficient (Wildman–Crippen LogP) is 1.95. The number of pyridine rings is 1. The zero-order chi connectivity index (χ0) is 13.8. The molecule has 5 heteroatoms. The Labute approximate surface area is 119 Å². The first kappa shape index (κ1) is 13.3. The summed E-state index contributed by atoms with van der Waals surface area (Å²) in [5.74, 6) is 0.911. The lowest BCUT2D eigenvalue weighted by Gasteiger charge is -2.14.